The smallest absolute Gasteiger partial charge is 0.272 e. The van der Waals surface area contributed by atoms with Crippen LogP contribution in [0.25, 0.3) is 5.69 Å². The second kappa shape index (κ2) is 8.59. The summed E-state index contributed by atoms with van der Waals surface area (Å²) in [6, 6.07) is 17.4. The SMILES string of the molecule is O=C(NCc1ccccc1CN1CCCC1)c1ccn(-c2ccccc2Cl)n1. The monoisotopic (exact) mass is 394 g/mol. The van der Waals surface area contributed by atoms with Gasteiger partial charge in [-0.1, -0.05) is 48.0 Å². The third-order valence-electron chi connectivity index (χ3n) is 5.07. The molecule has 0 unspecified atom stereocenters. The minimum atomic E-state index is -0.193. The molecule has 6 heteroatoms. The van der Waals surface area contributed by atoms with Crippen molar-refractivity contribution in [1.29, 1.82) is 0 Å². The molecule has 0 radical (unpaired) electrons. The van der Waals surface area contributed by atoms with E-state index >= 15 is 0 Å². The Morgan fingerprint density at radius 1 is 1.00 bits per heavy atom. The number of nitrogens with zero attached hydrogens (tertiary/aromatic N) is 3. The third-order valence-corrected chi connectivity index (χ3v) is 5.39. The predicted molar refractivity (Wildman–Crippen MR) is 111 cm³/mol. The summed E-state index contributed by atoms with van der Waals surface area (Å²) in [6.07, 6.45) is 4.29. The van der Waals surface area contributed by atoms with Crippen LogP contribution in [0.2, 0.25) is 5.02 Å². The minimum absolute atomic E-state index is 0.193. The Balaban J connectivity index is 1.42. The molecule has 0 bridgehead atoms. The van der Waals surface area contributed by atoms with Gasteiger partial charge in [-0.2, -0.15) is 5.10 Å². The van der Waals surface area contributed by atoms with Crippen molar-refractivity contribution in [2.45, 2.75) is 25.9 Å². The third kappa shape index (κ3) is 4.26. The maximum absolute atomic E-state index is 12.6. The lowest BCUT2D eigenvalue weighted by Crippen LogP contribution is -2.25. The molecule has 1 aromatic heterocycles. The van der Waals surface area contributed by atoms with Crippen molar-refractivity contribution in [3.8, 4) is 5.69 Å². The molecule has 4 rings (SSSR count). The zero-order valence-electron chi connectivity index (χ0n) is 15.6. The largest absolute Gasteiger partial charge is 0.347 e. The highest BCUT2D eigenvalue weighted by atomic mass is 35.5. The van der Waals surface area contributed by atoms with E-state index in [1.165, 1.54) is 18.4 Å². The lowest BCUT2D eigenvalue weighted by molar-refractivity contribution is 0.0945. The molecule has 0 spiro atoms. The standard InChI is InChI=1S/C22H23ClN4O/c23-19-9-3-4-10-21(19)27-14-11-20(25-27)22(28)24-15-17-7-1-2-8-18(17)16-26-12-5-6-13-26/h1-4,7-11,14H,5-6,12-13,15-16H2,(H,24,28). The molecule has 28 heavy (non-hydrogen) atoms. The van der Waals surface area contributed by atoms with E-state index in [-0.39, 0.29) is 5.91 Å². The van der Waals surface area contributed by atoms with Gasteiger partial charge in [0.05, 0.1) is 10.7 Å². The van der Waals surface area contributed by atoms with E-state index in [9.17, 15) is 4.79 Å². The number of benzene rings is 2. The fraction of sp³-hybridized carbons (Fsp3) is 0.273. The number of carbonyl (C=O) groups excluding carboxylic acids is 1. The van der Waals surface area contributed by atoms with Gasteiger partial charge in [-0.05, 0) is 55.3 Å². The summed E-state index contributed by atoms with van der Waals surface area (Å²) in [7, 11) is 0. The number of carbonyl (C=O) groups is 1. The molecule has 0 aliphatic carbocycles. The molecule has 1 fully saturated rings. The number of nitrogens with one attached hydrogen (secondary N) is 1. The first-order chi connectivity index (χ1) is 13.7. The molecular weight excluding hydrogens is 372 g/mol. The van der Waals surface area contributed by atoms with Crippen LogP contribution in [0.3, 0.4) is 0 Å². The van der Waals surface area contributed by atoms with Crippen molar-refractivity contribution < 1.29 is 4.79 Å². The first-order valence-electron chi connectivity index (χ1n) is 9.58. The van der Waals surface area contributed by atoms with E-state index in [0.717, 1.165) is 30.9 Å². The fourth-order valence-electron chi connectivity index (χ4n) is 3.55. The summed E-state index contributed by atoms with van der Waals surface area (Å²) in [4.78, 5) is 15.0. The number of halogens is 1. The highest BCUT2D eigenvalue weighted by Gasteiger charge is 2.15. The van der Waals surface area contributed by atoms with E-state index in [0.29, 0.717) is 17.3 Å². The lowest BCUT2D eigenvalue weighted by Gasteiger charge is -2.17. The molecule has 1 N–H and O–H groups in total. The topological polar surface area (TPSA) is 50.2 Å². The van der Waals surface area contributed by atoms with Crippen LogP contribution in [-0.4, -0.2) is 33.7 Å². The Bertz CT molecular complexity index is 962. The van der Waals surface area contributed by atoms with Gasteiger partial charge >= 0.3 is 0 Å². The highest BCUT2D eigenvalue weighted by molar-refractivity contribution is 6.32. The van der Waals surface area contributed by atoms with Crippen molar-refractivity contribution in [2.24, 2.45) is 0 Å². The number of amides is 1. The molecule has 144 valence electrons. The van der Waals surface area contributed by atoms with Gasteiger partial charge in [0.1, 0.15) is 0 Å². The van der Waals surface area contributed by atoms with Gasteiger partial charge < -0.3 is 5.32 Å². The molecule has 5 nitrogen and oxygen atoms in total. The summed E-state index contributed by atoms with van der Waals surface area (Å²) >= 11 is 6.21. The van der Waals surface area contributed by atoms with Crippen LogP contribution in [0, 0.1) is 0 Å². The van der Waals surface area contributed by atoms with Gasteiger partial charge in [0, 0.05) is 19.3 Å². The molecular formula is C22H23ClN4O. The first kappa shape index (κ1) is 18.7. The van der Waals surface area contributed by atoms with E-state index in [2.05, 4.69) is 33.5 Å². The summed E-state index contributed by atoms with van der Waals surface area (Å²) in [5, 5.41) is 7.96. The average molecular weight is 395 g/mol. The van der Waals surface area contributed by atoms with Crippen LogP contribution in [0.5, 0.6) is 0 Å². The van der Waals surface area contributed by atoms with Crippen LogP contribution in [0.15, 0.2) is 60.8 Å². The van der Waals surface area contributed by atoms with E-state index in [1.54, 1.807) is 23.0 Å². The normalized spacial score (nSPS) is 14.3. The van der Waals surface area contributed by atoms with Crippen molar-refractivity contribution in [3.63, 3.8) is 0 Å². The Kier molecular flexibility index (Phi) is 5.74. The number of likely N-dealkylation sites (tertiary alicyclic amines) is 1. The maximum Gasteiger partial charge on any atom is 0.272 e. The van der Waals surface area contributed by atoms with Gasteiger partial charge in [-0.25, -0.2) is 4.68 Å². The molecule has 3 aromatic rings. The van der Waals surface area contributed by atoms with Crippen LogP contribution in [0.1, 0.15) is 34.5 Å². The van der Waals surface area contributed by atoms with Gasteiger partial charge in [-0.3, -0.25) is 9.69 Å². The maximum atomic E-state index is 12.6. The highest BCUT2D eigenvalue weighted by Crippen LogP contribution is 2.19. The Morgan fingerprint density at radius 2 is 1.71 bits per heavy atom. The molecule has 0 saturated carbocycles. The lowest BCUT2D eigenvalue weighted by atomic mass is 10.1. The number of aromatic nitrogens is 2. The van der Waals surface area contributed by atoms with Crippen LogP contribution >= 0.6 is 11.6 Å². The molecule has 1 amide bonds. The van der Waals surface area contributed by atoms with Gasteiger partial charge in [0.15, 0.2) is 5.69 Å². The fourth-order valence-corrected chi connectivity index (χ4v) is 3.77. The number of hydrogen-bond acceptors (Lipinski definition) is 3. The first-order valence-corrected chi connectivity index (χ1v) is 9.96. The van der Waals surface area contributed by atoms with E-state index in [4.69, 9.17) is 11.6 Å². The number of para-hydroxylation sites is 1. The number of rotatable bonds is 6. The van der Waals surface area contributed by atoms with Crippen LogP contribution < -0.4 is 5.32 Å². The number of hydrogen-bond donors (Lipinski definition) is 1. The minimum Gasteiger partial charge on any atom is -0.347 e. The Labute approximate surface area is 169 Å². The van der Waals surface area contributed by atoms with Crippen LogP contribution in [0.4, 0.5) is 0 Å². The quantitative estimate of drug-likeness (QED) is 0.686. The van der Waals surface area contributed by atoms with Gasteiger partial charge in [0.2, 0.25) is 0 Å². The molecule has 2 heterocycles. The van der Waals surface area contributed by atoms with Crippen molar-refractivity contribution in [1.82, 2.24) is 20.0 Å². The summed E-state index contributed by atoms with van der Waals surface area (Å²) in [6.45, 7) is 3.73. The van der Waals surface area contributed by atoms with Gasteiger partial charge in [0.25, 0.3) is 5.91 Å². The van der Waals surface area contributed by atoms with Crippen molar-refractivity contribution >= 4 is 17.5 Å². The Hall–Kier alpha value is -2.63. The molecule has 1 aliphatic rings. The van der Waals surface area contributed by atoms with Crippen molar-refractivity contribution in [2.75, 3.05) is 13.1 Å². The molecule has 1 aliphatic heterocycles. The van der Waals surface area contributed by atoms with Gasteiger partial charge in [-0.15, -0.1) is 0 Å². The van der Waals surface area contributed by atoms with Crippen LogP contribution in [-0.2, 0) is 13.1 Å². The molecule has 1 saturated heterocycles. The molecule has 2 aromatic carbocycles. The zero-order valence-corrected chi connectivity index (χ0v) is 16.4. The molecule has 0 atom stereocenters. The predicted octanol–water partition coefficient (Wildman–Crippen LogP) is 4.05. The zero-order chi connectivity index (χ0) is 19.3. The van der Waals surface area contributed by atoms with Crippen molar-refractivity contribution in [3.05, 3.63) is 82.6 Å². The Morgan fingerprint density at radius 3 is 2.50 bits per heavy atom. The van der Waals surface area contributed by atoms with E-state index < -0.39 is 0 Å². The summed E-state index contributed by atoms with van der Waals surface area (Å²) < 4.78 is 1.62. The summed E-state index contributed by atoms with van der Waals surface area (Å²) in [5.74, 6) is -0.193. The average Bonchev–Trinajstić information content (AvgIpc) is 3.40. The summed E-state index contributed by atoms with van der Waals surface area (Å²) in [5.41, 5.74) is 3.54. The van der Waals surface area contributed by atoms with E-state index in [1.807, 2.05) is 24.3 Å². The second-order valence-electron chi connectivity index (χ2n) is 7.03. The second-order valence-corrected chi connectivity index (χ2v) is 7.44.